The van der Waals surface area contributed by atoms with Crippen molar-refractivity contribution in [3.63, 3.8) is 0 Å². The monoisotopic (exact) mass is 578 g/mol. The number of esters is 1. The minimum Gasteiger partial charge on any atom is -0.478 e. The molecular formula is C34H34N4O5. The van der Waals surface area contributed by atoms with Gasteiger partial charge in [-0.25, -0.2) is 4.79 Å². The van der Waals surface area contributed by atoms with E-state index in [2.05, 4.69) is 33.3 Å². The third-order valence-electron chi connectivity index (χ3n) is 7.86. The highest BCUT2D eigenvalue weighted by Gasteiger charge is 2.24. The van der Waals surface area contributed by atoms with E-state index < -0.39 is 0 Å². The first-order chi connectivity index (χ1) is 21.0. The number of carbonyl (C=O) groups is 2. The summed E-state index contributed by atoms with van der Waals surface area (Å²) >= 11 is 0. The molecule has 1 aromatic heterocycles. The van der Waals surface area contributed by atoms with Gasteiger partial charge in [-0.2, -0.15) is 0 Å². The first-order valence-electron chi connectivity index (χ1n) is 14.4. The van der Waals surface area contributed by atoms with Crippen molar-refractivity contribution in [1.82, 2.24) is 15.1 Å². The van der Waals surface area contributed by atoms with Crippen LogP contribution in [0, 0.1) is 6.92 Å². The van der Waals surface area contributed by atoms with Crippen molar-refractivity contribution >= 4 is 28.7 Å². The fourth-order valence-electron chi connectivity index (χ4n) is 5.39. The summed E-state index contributed by atoms with van der Waals surface area (Å²) in [7, 11) is 1.36. The van der Waals surface area contributed by atoms with Crippen LogP contribution < -0.4 is 10.1 Å². The number of hydrogen-bond donors (Lipinski definition) is 1. The van der Waals surface area contributed by atoms with Crippen molar-refractivity contribution in [2.45, 2.75) is 13.0 Å². The van der Waals surface area contributed by atoms with Gasteiger partial charge in [-0.3, -0.25) is 14.7 Å². The van der Waals surface area contributed by atoms with Gasteiger partial charge < -0.3 is 24.1 Å². The second kappa shape index (κ2) is 12.5. The molecule has 1 saturated heterocycles. The smallest absolute Gasteiger partial charge is 0.337 e. The second-order valence-corrected chi connectivity index (χ2v) is 10.7. The maximum absolute atomic E-state index is 13.2. The number of dihydropyridines is 1. The number of benzene rings is 3. The van der Waals surface area contributed by atoms with Crippen LogP contribution in [0.15, 0.2) is 94.4 Å². The Morgan fingerprint density at radius 2 is 1.79 bits per heavy atom. The van der Waals surface area contributed by atoms with Crippen LogP contribution in [0.2, 0.25) is 0 Å². The van der Waals surface area contributed by atoms with Crippen LogP contribution in [0.1, 0.15) is 26.5 Å². The summed E-state index contributed by atoms with van der Waals surface area (Å²) in [5, 5.41) is 4.00. The molecule has 0 aliphatic carbocycles. The molecule has 0 saturated carbocycles. The highest BCUT2D eigenvalue weighted by atomic mass is 16.5. The van der Waals surface area contributed by atoms with Crippen LogP contribution in [0.25, 0.3) is 22.1 Å². The number of nitrogens with zero attached hydrogens (tertiary/aromatic N) is 3. The third kappa shape index (κ3) is 6.32. The largest absolute Gasteiger partial charge is 0.478 e. The highest BCUT2D eigenvalue weighted by molar-refractivity contribution is 6.00. The number of aryl methyl sites for hydroxylation is 1. The van der Waals surface area contributed by atoms with E-state index in [-0.39, 0.29) is 17.9 Å². The number of nitrogens with one attached hydrogen (secondary N) is 1. The van der Waals surface area contributed by atoms with E-state index in [0.717, 1.165) is 54.1 Å². The molecular weight excluding hydrogens is 544 g/mol. The lowest BCUT2D eigenvalue weighted by molar-refractivity contribution is 0.0598. The van der Waals surface area contributed by atoms with Crippen LogP contribution >= 0.6 is 0 Å². The minimum atomic E-state index is -0.385. The van der Waals surface area contributed by atoms with Gasteiger partial charge in [0.1, 0.15) is 23.9 Å². The van der Waals surface area contributed by atoms with Gasteiger partial charge in [0.15, 0.2) is 5.76 Å². The normalized spacial score (nSPS) is 17.0. The number of hydrogen-bond acceptors (Lipinski definition) is 8. The molecule has 43 heavy (non-hydrogen) atoms. The van der Waals surface area contributed by atoms with E-state index >= 15 is 0 Å². The number of amidine groups is 1. The maximum atomic E-state index is 13.2. The van der Waals surface area contributed by atoms with Gasteiger partial charge in [0.2, 0.25) is 0 Å². The van der Waals surface area contributed by atoms with Crippen LogP contribution in [-0.4, -0.2) is 80.1 Å². The van der Waals surface area contributed by atoms with Crippen molar-refractivity contribution < 1.29 is 23.5 Å². The van der Waals surface area contributed by atoms with Gasteiger partial charge in [-0.1, -0.05) is 48.5 Å². The molecule has 3 aromatic carbocycles. The zero-order valence-corrected chi connectivity index (χ0v) is 24.3. The number of rotatable bonds is 7. The SMILES string of the molecule is COC(=O)c1cccc(OCN2CCN(C3=NCC(NC(=O)c4oc5ccc(-c6ccccc6)cc5c4C)C=C3)CC2)c1. The summed E-state index contributed by atoms with van der Waals surface area (Å²) in [4.78, 5) is 34.2. The molecule has 3 heterocycles. The highest BCUT2D eigenvalue weighted by Crippen LogP contribution is 2.30. The maximum Gasteiger partial charge on any atom is 0.337 e. The number of amides is 1. The second-order valence-electron chi connectivity index (χ2n) is 10.7. The first-order valence-corrected chi connectivity index (χ1v) is 14.4. The molecule has 9 nitrogen and oxygen atoms in total. The van der Waals surface area contributed by atoms with Crippen molar-refractivity contribution in [3.8, 4) is 16.9 Å². The molecule has 6 rings (SSSR count). The summed E-state index contributed by atoms with van der Waals surface area (Å²) in [5.41, 5.74) is 4.19. The number of methoxy groups -OCH3 is 1. The summed E-state index contributed by atoms with van der Waals surface area (Å²) in [6.07, 6.45) is 3.98. The van der Waals surface area contributed by atoms with E-state index in [1.165, 1.54) is 7.11 Å². The van der Waals surface area contributed by atoms with E-state index in [1.54, 1.807) is 18.2 Å². The zero-order valence-electron chi connectivity index (χ0n) is 24.3. The molecule has 0 radical (unpaired) electrons. The third-order valence-corrected chi connectivity index (χ3v) is 7.86. The molecule has 1 unspecified atom stereocenters. The number of piperazine rings is 1. The molecule has 0 bridgehead atoms. The van der Waals surface area contributed by atoms with Gasteiger partial charge in [-0.05, 0) is 54.5 Å². The molecule has 2 aliphatic heterocycles. The molecule has 1 amide bonds. The summed E-state index contributed by atoms with van der Waals surface area (Å²) in [6, 6.07) is 23.0. The topological polar surface area (TPSA) is 96.6 Å². The van der Waals surface area contributed by atoms with Gasteiger partial charge >= 0.3 is 5.97 Å². The van der Waals surface area contributed by atoms with Gasteiger partial charge in [0.05, 0.1) is 25.3 Å². The Kier molecular flexibility index (Phi) is 8.24. The van der Waals surface area contributed by atoms with Crippen molar-refractivity contribution in [2.75, 3.05) is 46.6 Å². The van der Waals surface area contributed by atoms with Crippen LogP contribution in [0.4, 0.5) is 0 Å². The predicted molar refractivity (Wildman–Crippen MR) is 166 cm³/mol. The number of ether oxygens (including phenoxy) is 2. The summed E-state index contributed by atoms with van der Waals surface area (Å²) in [5.74, 6) is 1.26. The Morgan fingerprint density at radius 3 is 2.53 bits per heavy atom. The average Bonchev–Trinajstić information content (AvgIpc) is 3.40. The van der Waals surface area contributed by atoms with E-state index in [9.17, 15) is 9.59 Å². The Morgan fingerprint density at radius 1 is 0.977 bits per heavy atom. The molecule has 220 valence electrons. The quantitative estimate of drug-likeness (QED) is 0.311. The molecule has 1 atom stereocenters. The van der Waals surface area contributed by atoms with E-state index in [1.807, 2.05) is 55.5 Å². The lowest BCUT2D eigenvalue weighted by atomic mass is 10.0. The fourth-order valence-corrected chi connectivity index (χ4v) is 5.39. The van der Waals surface area contributed by atoms with Gasteiger partial charge in [-0.15, -0.1) is 0 Å². The number of carbonyl (C=O) groups excluding carboxylic acids is 2. The average molecular weight is 579 g/mol. The number of fused-ring (bicyclic) bond motifs is 1. The first kappa shape index (κ1) is 28.2. The molecule has 1 fully saturated rings. The lowest BCUT2D eigenvalue weighted by Crippen LogP contribution is -2.50. The Balaban J connectivity index is 0.998. The molecule has 1 N–H and O–H groups in total. The Labute approximate surface area is 250 Å². The van der Waals surface area contributed by atoms with Gasteiger partial charge in [0.25, 0.3) is 5.91 Å². The molecule has 4 aromatic rings. The Hall–Kier alpha value is -4.89. The standard InChI is InChI=1S/C34H34N4O5/c1-23-29-20-25(24-7-4-3-5-8-24)11-13-30(29)43-32(23)33(39)36-27-12-14-31(35-21-27)38-17-15-37(16-18-38)22-42-28-10-6-9-26(19-28)34(40)41-2/h3-14,19-20,27H,15-18,21-22H2,1-2H3,(H,36,39). The van der Waals surface area contributed by atoms with Gasteiger partial charge in [0, 0.05) is 37.1 Å². The van der Waals surface area contributed by atoms with Crippen LogP contribution in [-0.2, 0) is 4.74 Å². The summed E-state index contributed by atoms with van der Waals surface area (Å²) in [6.45, 7) is 6.09. The number of aliphatic imine (C=N–C) groups is 1. The van der Waals surface area contributed by atoms with E-state index in [4.69, 9.17) is 18.9 Å². The van der Waals surface area contributed by atoms with Crippen molar-refractivity contribution in [2.24, 2.45) is 4.99 Å². The minimum absolute atomic E-state index is 0.209. The summed E-state index contributed by atoms with van der Waals surface area (Å²) < 4.78 is 16.7. The van der Waals surface area contributed by atoms with Crippen molar-refractivity contribution in [1.29, 1.82) is 0 Å². The fraction of sp³-hybridized carbons (Fsp3) is 0.265. The molecule has 0 spiro atoms. The predicted octanol–water partition coefficient (Wildman–Crippen LogP) is 4.92. The molecule has 2 aliphatic rings. The zero-order chi connectivity index (χ0) is 29.8. The molecule has 9 heteroatoms. The van der Waals surface area contributed by atoms with Crippen molar-refractivity contribution in [3.05, 3.63) is 102 Å². The van der Waals surface area contributed by atoms with Crippen LogP contribution in [0.5, 0.6) is 5.75 Å². The number of furan rings is 1. The van der Waals surface area contributed by atoms with Crippen LogP contribution in [0.3, 0.4) is 0 Å². The van der Waals surface area contributed by atoms with E-state index in [0.29, 0.717) is 35.9 Å². The lowest BCUT2D eigenvalue weighted by Gasteiger charge is -2.36. The Bertz CT molecular complexity index is 1690.